The molecule has 0 amide bonds. The van der Waals surface area contributed by atoms with Gasteiger partial charge in [0.1, 0.15) is 13.2 Å². The average Bonchev–Trinajstić information content (AvgIpc) is 3.27. The highest BCUT2D eigenvalue weighted by molar-refractivity contribution is 5.70. The number of unbranched alkanes of at least 4 members (excludes halogenated alkanes) is 46. The second kappa shape index (κ2) is 77.9. The van der Waals surface area contributed by atoms with E-state index in [0.717, 1.165) is 77.0 Å². The van der Waals surface area contributed by atoms with Gasteiger partial charge in [0.05, 0.1) is 40.3 Å². The molecule has 0 N–H and O–H groups in total. The van der Waals surface area contributed by atoms with Gasteiger partial charge in [0.25, 0.3) is 0 Å². The first-order valence-electron chi connectivity index (χ1n) is 41.4. The summed E-state index contributed by atoms with van der Waals surface area (Å²) < 4.78 is 22.9. The van der Waals surface area contributed by atoms with Crippen molar-refractivity contribution in [2.75, 3.05) is 47.5 Å². The van der Waals surface area contributed by atoms with Crippen molar-refractivity contribution in [1.82, 2.24) is 0 Å². The third-order valence-electron chi connectivity index (χ3n) is 18.3. The summed E-state index contributed by atoms with van der Waals surface area (Å²) in [4.78, 5) is 37.6. The number of ether oxygens (including phenoxy) is 4. The van der Waals surface area contributed by atoms with Crippen LogP contribution >= 0.6 is 0 Å². The maximum absolute atomic E-state index is 13.0. The molecule has 0 aliphatic rings. The molecule has 0 heterocycles. The zero-order valence-corrected chi connectivity index (χ0v) is 64.4. The largest absolute Gasteiger partial charge is 0.545 e. The molecule has 97 heavy (non-hydrogen) atoms. The van der Waals surface area contributed by atoms with Crippen LogP contribution in [0.2, 0.25) is 0 Å². The summed E-state index contributed by atoms with van der Waals surface area (Å²) in [6.45, 7) is 4.68. The van der Waals surface area contributed by atoms with Gasteiger partial charge in [-0.15, -0.1) is 0 Å². The monoisotopic (exact) mass is 1360 g/mol. The molecule has 0 aliphatic heterocycles. The molecular formula is C88H157NO8. The minimum absolute atomic E-state index is 0.148. The van der Waals surface area contributed by atoms with Gasteiger partial charge in [-0.3, -0.25) is 9.59 Å². The number of allylic oxidation sites excluding steroid dienone is 16. The summed E-state index contributed by atoms with van der Waals surface area (Å²) in [6, 6.07) is 0. The van der Waals surface area contributed by atoms with E-state index in [1.807, 2.05) is 21.1 Å². The first-order valence-corrected chi connectivity index (χ1v) is 41.4. The Bertz CT molecular complexity index is 1920. The molecule has 0 saturated carbocycles. The second-order valence-electron chi connectivity index (χ2n) is 29.0. The Morgan fingerprint density at radius 1 is 0.320 bits per heavy atom. The van der Waals surface area contributed by atoms with Crippen LogP contribution in [0, 0.1) is 0 Å². The normalized spacial score (nSPS) is 13.1. The number of hydrogen-bond acceptors (Lipinski definition) is 8. The topological polar surface area (TPSA) is 111 Å². The van der Waals surface area contributed by atoms with E-state index in [-0.39, 0.29) is 32.2 Å². The Kier molecular flexibility index (Phi) is 74.9. The fourth-order valence-corrected chi connectivity index (χ4v) is 12.0. The number of rotatable bonds is 77. The van der Waals surface area contributed by atoms with Gasteiger partial charge in [0, 0.05) is 12.8 Å². The SMILES string of the molecule is CC/C=C\C/C=C\C/C=C\C/C=C\C/C=C\CCCCCCCCCCCCCCCCCCCCCCCCCCCC(=O)OC(COC(=O)CCCCCCCCCCCCCCCCCC/C=C\C/C=C\C/C=C\CCCCCCC)COC(OCC[N+](C)(C)C)C(=O)[O-]. The second-order valence-corrected chi connectivity index (χ2v) is 29.0. The number of carbonyl (C=O) groups excluding carboxylic acids is 3. The van der Waals surface area contributed by atoms with Crippen LogP contribution in [0.25, 0.3) is 0 Å². The number of carbonyl (C=O) groups is 3. The molecule has 2 atom stereocenters. The molecule has 562 valence electrons. The molecule has 0 aliphatic carbocycles. The van der Waals surface area contributed by atoms with Crippen molar-refractivity contribution in [3.8, 4) is 0 Å². The van der Waals surface area contributed by atoms with E-state index in [0.29, 0.717) is 23.9 Å². The molecular weight excluding hydrogens is 1200 g/mol. The number of hydrogen-bond donors (Lipinski definition) is 0. The Labute approximate surface area is 601 Å². The van der Waals surface area contributed by atoms with Crippen LogP contribution in [0.5, 0.6) is 0 Å². The molecule has 0 bridgehead atoms. The van der Waals surface area contributed by atoms with Crippen molar-refractivity contribution >= 4 is 17.9 Å². The zero-order valence-electron chi connectivity index (χ0n) is 64.4. The minimum atomic E-state index is -1.62. The van der Waals surface area contributed by atoms with Crippen LogP contribution in [0.1, 0.15) is 386 Å². The first kappa shape index (κ1) is 93.2. The summed E-state index contributed by atoms with van der Waals surface area (Å²) in [5, 5.41) is 11.9. The Morgan fingerprint density at radius 2 is 0.588 bits per heavy atom. The molecule has 0 rings (SSSR count). The van der Waals surface area contributed by atoms with Crippen LogP contribution in [0.3, 0.4) is 0 Å². The van der Waals surface area contributed by atoms with Crippen molar-refractivity contribution in [2.24, 2.45) is 0 Å². The van der Waals surface area contributed by atoms with Gasteiger partial charge >= 0.3 is 11.9 Å². The lowest BCUT2D eigenvalue weighted by atomic mass is 10.0. The Hall–Kier alpha value is -3.79. The van der Waals surface area contributed by atoms with Gasteiger partial charge < -0.3 is 33.3 Å². The van der Waals surface area contributed by atoms with Crippen molar-refractivity contribution in [3.63, 3.8) is 0 Å². The molecule has 0 saturated heterocycles. The van der Waals surface area contributed by atoms with Crippen molar-refractivity contribution in [2.45, 2.75) is 399 Å². The average molecular weight is 1360 g/mol. The quantitative estimate of drug-likeness (QED) is 0.0195. The lowest BCUT2D eigenvalue weighted by molar-refractivity contribution is -0.870. The lowest BCUT2D eigenvalue weighted by Gasteiger charge is -2.26. The van der Waals surface area contributed by atoms with Gasteiger partial charge in [-0.05, 0) is 96.3 Å². The maximum Gasteiger partial charge on any atom is 0.306 e. The predicted octanol–water partition coefficient (Wildman–Crippen LogP) is 25.4. The number of carboxylic acid groups (broad SMARTS) is 1. The van der Waals surface area contributed by atoms with Crippen LogP contribution in [-0.2, 0) is 33.3 Å². The predicted molar refractivity (Wildman–Crippen MR) is 417 cm³/mol. The number of esters is 2. The summed E-state index contributed by atoms with van der Waals surface area (Å²) in [6.07, 6.45) is 105. The summed E-state index contributed by atoms with van der Waals surface area (Å²) in [5.74, 6) is -2.26. The Balaban J connectivity index is 3.96. The van der Waals surface area contributed by atoms with Crippen LogP contribution in [-0.4, -0.2) is 82.3 Å². The standard InChI is InChI=1S/C88H157NO8/c1-6-8-10-12-14-16-18-20-22-24-26-28-30-32-34-36-38-39-40-41-42-43-44-45-46-47-49-51-53-55-57-59-61-63-65-67-69-71-73-75-77-79-86(91)97-84(83-96-88(87(92)93)94-81-80-89(3,4)5)82-95-85(90)78-76-74-72-70-68-66-64-62-60-58-56-54-52-50-48-37-35-33-31-29-27-25-23-21-19-17-15-13-11-9-7-2/h8,10,14,16,19-22,25-28,31-34,84,88H,6-7,9,11-13,15,17-18,23-24,29-30,35-83H2,1-5H3/b10-8-,16-14-,21-19-,22-20-,27-25-,28-26-,33-31-,34-32-. The number of likely N-dealkylation sites (N-methyl/N-ethyl adjacent to an activating group) is 1. The van der Waals surface area contributed by atoms with Gasteiger partial charge in [0.2, 0.25) is 0 Å². The minimum Gasteiger partial charge on any atom is -0.545 e. The molecule has 9 nitrogen and oxygen atoms in total. The van der Waals surface area contributed by atoms with E-state index in [9.17, 15) is 19.5 Å². The highest BCUT2D eigenvalue weighted by atomic mass is 16.7. The molecule has 0 radical (unpaired) electrons. The summed E-state index contributed by atoms with van der Waals surface area (Å²) in [7, 11) is 5.95. The van der Waals surface area contributed by atoms with E-state index in [1.165, 1.54) is 276 Å². The molecule has 0 aromatic heterocycles. The Morgan fingerprint density at radius 3 is 0.876 bits per heavy atom. The van der Waals surface area contributed by atoms with E-state index < -0.39 is 24.3 Å². The van der Waals surface area contributed by atoms with Gasteiger partial charge in [-0.1, -0.05) is 374 Å². The third kappa shape index (κ3) is 79.4. The molecule has 2 unspecified atom stereocenters. The smallest absolute Gasteiger partial charge is 0.306 e. The lowest BCUT2D eigenvalue weighted by Crippen LogP contribution is -2.44. The maximum atomic E-state index is 13.0. The zero-order chi connectivity index (χ0) is 70.4. The van der Waals surface area contributed by atoms with Crippen LogP contribution in [0.4, 0.5) is 0 Å². The van der Waals surface area contributed by atoms with Gasteiger partial charge in [-0.25, -0.2) is 0 Å². The fourth-order valence-electron chi connectivity index (χ4n) is 12.0. The molecule has 0 fully saturated rings. The van der Waals surface area contributed by atoms with E-state index in [2.05, 4.69) is 111 Å². The third-order valence-corrected chi connectivity index (χ3v) is 18.3. The van der Waals surface area contributed by atoms with Crippen molar-refractivity contribution < 1.29 is 42.9 Å². The fraction of sp³-hybridized carbons (Fsp3) is 0.784. The van der Waals surface area contributed by atoms with E-state index in [4.69, 9.17) is 18.9 Å². The van der Waals surface area contributed by atoms with Crippen LogP contribution in [0.15, 0.2) is 97.2 Å². The van der Waals surface area contributed by atoms with Crippen LogP contribution < -0.4 is 5.11 Å². The number of quaternary nitrogens is 1. The molecule has 0 aromatic rings. The highest BCUT2D eigenvalue weighted by Gasteiger charge is 2.22. The van der Waals surface area contributed by atoms with Crippen molar-refractivity contribution in [3.05, 3.63) is 97.2 Å². The van der Waals surface area contributed by atoms with Gasteiger partial charge in [0.15, 0.2) is 12.4 Å². The van der Waals surface area contributed by atoms with Crippen molar-refractivity contribution in [1.29, 1.82) is 0 Å². The number of carboxylic acids is 1. The molecule has 9 heteroatoms. The number of nitrogens with zero attached hydrogens (tertiary/aromatic N) is 1. The number of aliphatic carboxylic acids is 1. The first-order chi connectivity index (χ1) is 47.6. The van der Waals surface area contributed by atoms with E-state index in [1.54, 1.807) is 0 Å². The molecule has 0 aromatic carbocycles. The highest BCUT2D eigenvalue weighted by Crippen LogP contribution is 2.19. The van der Waals surface area contributed by atoms with Gasteiger partial charge in [-0.2, -0.15) is 0 Å². The summed E-state index contributed by atoms with van der Waals surface area (Å²) >= 11 is 0. The van der Waals surface area contributed by atoms with E-state index >= 15 is 0 Å². The molecule has 0 spiro atoms. The summed E-state index contributed by atoms with van der Waals surface area (Å²) in [5.41, 5.74) is 0.